The summed E-state index contributed by atoms with van der Waals surface area (Å²) >= 11 is 0. The molecule has 0 bridgehead atoms. The summed E-state index contributed by atoms with van der Waals surface area (Å²) in [5.74, 6) is 2.05. The molecule has 2 heterocycles. The van der Waals surface area contributed by atoms with Gasteiger partial charge in [-0.3, -0.25) is 4.90 Å². The molecule has 1 fully saturated rings. The second-order valence-corrected chi connectivity index (χ2v) is 6.32. The average Bonchev–Trinajstić information content (AvgIpc) is 2.98. The first kappa shape index (κ1) is 17.9. The van der Waals surface area contributed by atoms with E-state index in [1.165, 1.54) is 5.56 Å². The van der Waals surface area contributed by atoms with Crippen LogP contribution in [0.1, 0.15) is 43.1 Å². The van der Waals surface area contributed by atoms with Crippen molar-refractivity contribution in [1.29, 1.82) is 0 Å². The van der Waals surface area contributed by atoms with Gasteiger partial charge >= 0.3 is 0 Å². The number of benzene rings is 1. The fraction of sp³-hybridized carbons (Fsp3) is 0.529. The van der Waals surface area contributed by atoms with Crippen LogP contribution in [-0.4, -0.2) is 41.7 Å². The number of nitrogens with one attached hydrogen (secondary N) is 1. The van der Waals surface area contributed by atoms with Gasteiger partial charge in [0.2, 0.25) is 5.89 Å². The van der Waals surface area contributed by atoms with Gasteiger partial charge < -0.3 is 9.84 Å². The van der Waals surface area contributed by atoms with Gasteiger partial charge in [-0.05, 0) is 18.5 Å². The number of hydrogen-bond acceptors (Lipinski definition) is 5. The van der Waals surface area contributed by atoms with E-state index in [0.29, 0.717) is 5.92 Å². The molecule has 0 radical (unpaired) electrons. The van der Waals surface area contributed by atoms with Gasteiger partial charge in [-0.1, -0.05) is 49.3 Å². The topological polar surface area (TPSA) is 54.2 Å². The normalized spacial score (nSPS) is 20.3. The molecule has 5 nitrogen and oxygen atoms in total. The number of hydrogen-bond donors (Lipinski definition) is 1. The fourth-order valence-electron chi connectivity index (χ4n) is 3.08. The van der Waals surface area contributed by atoms with Gasteiger partial charge in [0, 0.05) is 19.6 Å². The molecule has 1 aromatic heterocycles. The molecule has 0 amide bonds. The van der Waals surface area contributed by atoms with Crippen LogP contribution in [0.15, 0.2) is 34.9 Å². The molecular weight excluding hydrogens is 312 g/mol. The van der Waals surface area contributed by atoms with Crippen LogP contribution in [0.3, 0.4) is 0 Å². The Bertz CT molecular complexity index is 602. The Balaban J connectivity index is 0.00000192. The molecule has 23 heavy (non-hydrogen) atoms. The van der Waals surface area contributed by atoms with Crippen molar-refractivity contribution in [1.82, 2.24) is 20.4 Å². The molecular formula is C17H25ClN4O. The van der Waals surface area contributed by atoms with E-state index in [4.69, 9.17) is 9.51 Å². The summed E-state index contributed by atoms with van der Waals surface area (Å²) in [6.07, 6.45) is 0. The minimum Gasteiger partial charge on any atom is -0.339 e. The van der Waals surface area contributed by atoms with Gasteiger partial charge in [-0.25, -0.2) is 0 Å². The van der Waals surface area contributed by atoms with Crippen molar-refractivity contribution >= 4 is 12.4 Å². The van der Waals surface area contributed by atoms with E-state index in [1.54, 1.807) is 0 Å². The summed E-state index contributed by atoms with van der Waals surface area (Å²) in [4.78, 5) is 7.00. The average molecular weight is 337 g/mol. The highest BCUT2D eigenvalue weighted by molar-refractivity contribution is 5.85. The molecule has 1 aromatic carbocycles. The predicted molar refractivity (Wildman–Crippen MR) is 92.9 cm³/mol. The van der Waals surface area contributed by atoms with Crippen LogP contribution in [-0.2, 0) is 0 Å². The largest absolute Gasteiger partial charge is 0.339 e. The summed E-state index contributed by atoms with van der Waals surface area (Å²) in [5.41, 5.74) is 1.22. The Morgan fingerprint density at radius 2 is 2.00 bits per heavy atom. The van der Waals surface area contributed by atoms with Gasteiger partial charge in [0.25, 0.3) is 0 Å². The van der Waals surface area contributed by atoms with Crippen LogP contribution in [0.2, 0.25) is 0 Å². The van der Waals surface area contributed by atoms with Crippen LogP contribution in [0.4, 0.5) is 0 Å². The van der Waals surface area contributed by atoms with Crippen LogP contribution >= 0.6 is 12.4 Å². The van der Waals surface area contributed by atoms with E-state index in [0.717, 1.165) is 31.3 Å². The summed E-state index contributed by atoms with van der Waals surface area (Å²) < 4.78 is 5.63. The summed E-state index contributed by atoms with van der Waals surface area (Å²) in [6, 6.07) is 10.6. The molecule has 1 N–H and O–H groups in total. The monoisotopic (exact) mass is 336 g/mol. The molecule has 2 atom stereocenters. The molecule has 1 aliphatic rings. The molecule has 6 heteroatoms. The van der Waals surface area contributed by atoms with E-state index >= 15 is 0 Å². The number of piperazine rings is 1. The van der Waals surface area contributed by atoms with Crippen LogP contribution in [0, 0.1) is 5.92 Å². The lowest BCUT2D eigenvalue weighted by molar-refractivity contribution is 0.190. The molecule has 3 rings (SSSR count). The molecule has 2 unspecified atom stereocenters. The third kappa shape index (κ3) is 3.91. The fourth-order valence-corrected chi connectivity index (χ4v) is 3.08. The highest BCUT2D eigenvalue weighted by Crippen LogP contribution is 2.31. The molecule has 0 aliphatic carbocycles. The third-order valence-electron chi connectivity index (χ3n) is 4.36. The first-order valence-electron chi connectivity index (χ1n) is 7.96. The highest BCUT2D eigenvalue weighted by atomic mass is 35.5. The van der Waals surface area contributed by atoms with Crippen molar-refractivity contribution in [2.24, 2.45) is 5.92 Å². The first-order valence-corrected chi connectivity index (χ1v) is 7.96. The number of rotatable bonds is 4. The van der Waals surface area contributed by atoms with E-state index in [9.17, 15) is 0 Å². The maximum atomic E-state index is 5.63. The lowest BCUT2D eigenvalue weighted by Crippen LogP contribution is -2.44. The van der Waals surface area contributed by atoms with Crippen molar-refractivity contribution < 1.29 is 4.52 Å². The zero-order valence-electron chi connectivity index (χ0n) is 13.9. The molecule has 1 saturated heterocycles. The minimum atomic E-state index is 0. The maximum Gasteiger partial charge on any atom is 0.234 e. The van der Waals surface area contributed by atoms with Crippen LogP contribution in [0.5, 0.6) is 0 Å². The zero-order chi connectivity index (χ0) is 15.5. The van der Waals surface area contributed by atoms with Gasteiger partial charge in [0.05, 0.1) is 12.0 Å². The second kappa shape index (κ2) is 7.90. The molecule has 0 saturated carbocycles. The van der Waals surface area contributed by atoms with Crippen LogP contribution in [0.25, 0.3) is 0 Å². The minimum absolute atomic E-state index is 0. The van der Waals surface area contributed by atoms with Crippen molar-refractivity contribution in [2.75, 3.05) is 26.7 Å². The number of nitrogens with zero attached hydrogens (tertiary/aromatic N) is 3. The summed E-state index contributed by atoms with van der Waals surface area (Å²) in [5, 5.41) is 7.64. The van der Waals surface area contributed by atoms with E-state index in [1.807, 2.05) is 6.07 Å². The highest BCUT2D eigenvalue weighted by Gasteiger charge is 2.29. The van der Waals surface area contributed by atoms with E-state index in [-0.39, 0.29) is 24.4 Å². The van der Waals surface area contributed by atoms with Crippen molar-refractivity contribution in [3.63, 3.8) is 0 Å². The lowest BCUT2D eigenvalue weighted by Gasteiger charge is -2.30. The van der Waals surface area contributed by atoms with E-state index in [2.05, 4.69) is 60.5 Å². The first-order chi connectivity index (χ1) is 10.7. The maximum absolute atomic E-state index is 5.63. The predicted octanol–water partition coefficient (Wildman–Crippen LogP) is 2.86. The second-order valence-electron chi connectivity index (χ2n) is 6.32. The Morgan fingerprint density at radius 3 is 2.65 bits per heavy atom. The summed E-state index contributed by atoms with van der Waals surface area (Å²) in [6.45, 7) is 7.26. The molecule has 126 valence electrons. The number of halogens is 1. The Hall–Kier alpha value is -1.43. The number of likely N-dealkylation sites (N-methyl/N-ethyl adjacent to an activating group) is 1. The third-order valence-corrected chi connectivity index (χ3v) is 4.36. The van der Waals surface area contributed by atoms with Crippen molar-refractivity contribution in [2.45, 2.75) is 25.8 Å². The Labute approximate surface area is 143 Å². The number of aromatic nitrogens is 2. The van der Waals surface area contributed by atoms with E-state index < -0.39 is 0 Å². The van der Waals surface area contributed by atoms with Crippen molar-refractivity contribution in [3.8, 4) is 0 Å². The molecule has 0 spiro atoms. The molecule has 2 aromatic rings. The Morgan fingerprint density at radius 1 is 1.26 bits per heavy atom. The Kier molecular flexibility index (Phi) is 6.16. The van der Waals surface area contributed by atoms with Gasteiger partial charge in [-0.2, -0.15) is 4.98 Å². The van der Waals surface area contributed by atoms with Gasteiger partial charge in [0.1, 0.15) is 0 Å². The molecule has 1 aliphatic heterocycles. The standard InChI is InChI=1S/C17H24N4O.ClH/c1-12(2)15(13-7-5-4-6-8-13)17-19-16(20-22-17)14-11-18-9-10-21(14)3;/h4-8,12,14-15,18H,9-11H2,1-3H3;1H. The lowest BCUT2D eigenvalue weighted by atomic mass is 9.88. The van der Waals surface area contributed by atoms with Gasteiger partial charge in [-0.15, -0.1) is 12.4 Å². The SMILES string of the molecule is CC(C)C(c1ccccc1)c1nc(C2CNCCN2C)no1.Cl. The zero-order valence-corrected chi connectivity index (χ0v) is 14.7. The smallest absolute Gasteiger partial charge is 0.234 e. The van der Waals surface area contributed by atoms with Crippen molar-refractivity contribution in [3.05, 3.63) is 47.6 Å². The van der Waals surface area contributed by atoms with Gasteiger partial charge in [0.15, 0.2) is 5.82 Å². The summed E-state index contributed by atoms with van der Waals surface area (Å²) in [7, 11) is 2.11. The quantitative estimate of drug-likeness (QED) is 0.930. The van der Waals surface area contributed by atoms with Crippen LogP contribution < -0.4 is 5.32 Å².